The largest absolute Gasteiger partial charge is 0.329 e. The van der Waals surface area contributed by atoms with Crippen LogP contribution in [0.3, 0.4) is 0 Å². The lowest BCUT2D eigenvalue weighted by molar-refractivity contribution is 0.140. The second kappa shape index (κ2) is 6.19. The molecule has 0 aromatic rings. The molecule has 2 N–H and O–H groups in total. The molecule has 17 heavy (non-hydrogen) atoms. The second-order valence-electron chi connectivity index (χ2n) is 6.49. The fourth-order valence-electron chi connectivity index (χ4n) is 3.82. The molecule has 2 unspecified atom stereocenters. The van der Waals surface area contributed by atoms with E-state index in [1.807, 2.05) is 0 Å². The zero-order chi connectivity index (χ0) is 12.3. The van der Waals surface area contributed by atoms with Crippen molar-refractivity contribution in [3.63, 3.8) is 0 Å². The van der Waals surface area contributed by atoms with Crippen molar-refractivity contribution in [2.75, 3.05) is 19.6 Å². The van der Waals surface area contributed by atoms with Gasteiger partial charge in [0.25, 0.3) is 0 Å². The fraction of sp³-hybridized carbons (Fsp3) is 1.00. The van der Waals surface area contributed by atoms with Gasteiger partial charge in [0.1, 0.15) is 0 Å². The van der Waals surface area contributed by atoms with Gasteiger partial charge in [-0.15, -0.1) is 0 Å². The predicted octanol–water partition coefficient (Wildman–Crippen LogP) is 2.87. The van der Waals surface area contributed by atoms with E-state index < -0.39 is 0 Å². The van der Waals surface area contributed by atoms with Crippen LogP contribution >= 0.6 is 0 Å². The van der Waals surface area contributed by atoms with E-state index in [-0.39, 0.29) is 0 Å². The molecule has 1 saturated carbocycles. The Bertz CT molecular complexity index is 221. The van der Waals surface area contributed by atoms with Crippen LogP contribution in [0.1, 0.15) is 52.4 Å². The molecule has 100 valence electrons. The summed E-state index contributed by atoms with van der Waals surface area (Å²) in [6.45, 7) is 8.20. The summed E-state index contributed by atoms with van der Waals surface area (Å²) >= 11 is 0. The summed E-state index contributed by atoms with van der Waals surface area (Å²) in [5.74, 6) is 2.64. The third kappa shape index (κ3) is 3.23. The first kappa shape index (κ1) is 13.4. The quantitative estimate of drug-likeness (QED) is 0.816. The summed E-state index contributed by atoms with van der Waals surface area (Å²) in [5.41, 5.74) is 6.06. The van der Waals surface area contributed by atoms with Crippen molar-refractivity contribution >= 4 is 0 Å². The van der Waals surface area contributed by atoms with Crippen LogP contribution in [-0.4, -0.2) is 30.6 Å². The Morgan fingerprint density at radius 2 is 1.76 bits per heavy atom. The number of hydrogen-bond donors (Lipinski definition) is 1. The van der Waals surface area contributed by atoms with E-state index in [0.29, 0.717) is 6.04 Å². The first-order chi connectivity index (χ1) is 8.22. The van der Waals surface area contributed by atoms with Gasteiger partial charge in [-0.2, -0.15) is 0 Å². The zero-order valence-corrected chi connectivity index (χ0v) is 11.7. The summed E-state index contributed by atoms with van der Waals surface area (Å²) in [7, 11) is 0. The van der Waals surface area contributed by atoms with E-state index in [1.165, 1.54) is 51.6 Å². The van der Waals surface area contributed by atoms with Gasteiger partial charge in [0.05, 0.1) is 0 Å². The van der Waals surface area contributed by atoms with Gasteiger partial charge in [0.15, 0.2) is 0 Å². The van der Waals surface area contributed by atoms with E-state index in [9.17, 15) is 0 Å². The van der Waals surface area contributed by atoms with Crippen LogP contribution in [0.4, 0.5) is 0 Å². The Morgan fingerprint density at radius 3 is 2.29 bits per heavy atom. The number of nitrogens with two attached hydrogens (primary N) is 1. The van der Waals surface area contributed by atoms with Crippen LogP contribution in [0, 0.1) is 17.8 Å². The van der Waals surface area contributed by atoms with Gasteiger partial charge in [-0.05, 0) is 43.6 Å². The first-order valence-electron chi connectivity index (χ1n) is 7.66. The van der Waals surface area contributed by atoms with Crippen molar-refractivity contribution in [3.8, 4) is 0 Å². The predicted molar refractivity (Wildman–Crippen MR) is 73.9 cm³/mol. The second-order valence-corrected chi connectivity index (χ2v) is 6.49. The highest BCUT2D eigenvalue weighted by Gasteiger charge is 2.33. The van der Waals surface area contributed by atoms with Gasteiger partial charge < -0.3 is 5.73 Å². The molecule has 1 heterocycles. The van der Waals surface area contributed by atoms with Crippen molar-refractivity contribution < 1.29 is 0 Å². The Hall–Kier alpha value is -0.0800. The van der Waals surface area contributed by atoms with Crippen LogP contribution in [0.15, 0.2) is 0 Å². The minimum Gasteiger partial charge on any atom is -0.329 e. The summed E-state index contributed by atoms with van der Waals surface area (Å²) in [5, 5.41) is 0. The van der Waals surface area contributed by atoms with Crippen molar-refractivity contribution in [1.82, 2.24) is 4.90 Å². The monoisotopic (exact) mass is 238 g/mol. The van der Waals surface area contributed by atoms with E-state index >= 15 is 0 Å². The highest BCUT2D eigenvalue weighted by molar-refractivity contribution is 4.88. The maximum Gasteiger partial charge on any atom is 0.0246 e. The molecule has 0 bridgehead atoms. The van der Waals surface area contributed by atoms with Gasteiger partial charge in [-0.3, -0.25) is 4.90 Å². The molecule has 0 aromatic carbocycles. The Balaban J connectivity index is 1.90. The highest BCUT2D eigenvalue weighted by atomic mass is 15.2. The normalized spacial score (nSPS) is 30.0. The minimum absolute atomic E-state index is 0.680. The van der Waals surface area contributed by atoms with E-state index in [0.717, 1.165) is 24.3 Å². The maximum atomic E-state index is 6.06. The van der Waals surface area contributed by atoms with E-state index in [4.69, 9.17) is 5.73 Å². The smallest absolute Gasteiger partial charge is 0.0246 e. The van der Waals surface area contributed by atoms with Crippen molar-refractivity contribution in [2.45, 2.75) is 58.4 Å². The number of nitrogens with zero attached hydrogens (tertiary/aromatic N) is 1. The average Bonchev–Trinajstić information content (AvgIpc) is 2.81. The van der Waals surface area contributed by atoms with Crippen molar-refractivity contribution in [1.29, 1.82) is 0 Å². The van der Waals surface area contributed by atoms with Gasteiger partial charge in [0.2, 0.25) is 0 Å². The lowest BCUT2D eigenvalue weighted by atomic mass is 9.83. The van der Waals surface area contributed by atoms with Crippen molar-refractivity contribution in [3.05, 3.63) is 0 Å². The maximum absolute atomic E-state index is 6.06. The molecule has 1 aliphatic heterocycles. The summed E-state index contributed by atoms with van der Waals surface area (Å²) in [6, 6.07) is 0.680. The molecule has 0 radical (unpaired) electrons. The topological polar surface area (TPSA) is 29.3 Å². The van der Waals surface area contributed by atoms with Crippen molar-refractivity contribution in [2.24, 2.45) is 23.5 Å². The summed E-state index contributed by atoms with van der Waals surface area (Å²) < 4.78 is 0. The van der Waals surface area contributed by atoms with Gasteiger partial charge in [-0.25, -0.2) is 0 Å². The molecule has 0 spiro atoms. The van der Waals surface area contributed by atoms with Crippen LogP contribution in [0.5, 0.6) is 0 Å². The fourth-order valence-corrected chi connectivity index (χ4v) is 3.82. The van der Waals surface area contributed by atoms with Crippen LogP contribution in [0.25, 0.3) is 0 Å². The zero-order valence-electron chi connectivity index (χ0n) is 11.7. The molecule has 2 atom stereocenters. The molecule has 0 amide bonds. The Kier molecular flexibility index (Phi) is 4.87. The molecule has 2 rings (SSSR count). The van der Waals surface area contributed by atoms with Crippen LogP contribution in [-0.2, 0) is 0 Å². The Morgan fingerprint density at radius 1 is 1.06 bits per heavy atom. The third-order valence-electron chi connectivity index (χ3n) is 5.10. The molecule has 1 saturated heterocycles. The summed E-state index contributed by atoms with van der Waals surface area (Å²) in [4.78, 5) is 2.71. The number of likely N-dealkylation sites (tertiary alicyclic amines) is 1. The number of hydrogen-bond acceptors (Lipinski definition) is 2. The van der Waals surface area contributed by atoms with Gasteiger partial charge in [-0.1, -0.05) is 33.1 Å². The SMILES string of the molecule is CC(C)C1CCN(C(CN)C2CCCCC2)C1. The third-order valence-corrected chi connectivity index (χ3v) is 5.10. The lowest BCUT2D eigenvalue weighted by Gasteiger charge is -2.36. The standard InChI is InChI=1S/C15H30N2/c1-12(2)14-8-9-17(11-14)15(10-16)13-6-4-3-5-7-13/h12-15H,3-11,16H2,1-2H3. The Labute approximate surface area is 107 Å². The molecule has 2 fully saturated rings. The van der Waals surface area contributed by atoms with Gasteiger partial charge >= 0.3 is 0 Å². The number of rotatable bonds is 4. The molecule has 2 heteroatoms. The molecule has 1 aliphatic carbocycles. The van der Waals surface area contributed by atoms with Crippen LogP contribution in [0.2, 0.25) is 0 Å². The minimum atomic E-state index is 0.680. The molecule has 2 aliphatic rings. The van der Waals surface area contributed by atoms with Crippen LogP contribution < -0.4 is 5.73 Å². The van der Waals surface area contributed by atoms with Gasteiger partial charge in [0, 0.05) is 19.1 Å². The van der Waals surface area contributed by atoms with E-state index in [1.54, 1.807) is 0 Å². The highest BCUT2D eigenvalue weighted by Crippen LogP contribution is 2.32. The lowest BCUT2D eigenvalue weighted by Crippen LogP contribution is -2.45. The summed E-state index contributed by atoms with van der Waals surface area (Å²) in [6.07, 6.45) is 8.55. The molecular weight excluding hydrogens is 208 g/mol. The molecular formula is C15H30N2. The first-order valence-corrected chi connectivity index (χ1v) is 7.66. The average molecular weight is 238 g/mol. The van der Waals surface area contributed by atoms with E-state index in [2.05, 4.69) is 18.7 Å². The molecule has 0 aromatic heterocycles. The molecule has 2 nitrogen and oxygen atoms in total.